The van der Waals surface area contributed by atoms with Crippen LogP contribution in [0.3, 0.4) is 0 Å². The van der Waals surface area contributed by atoms with Gasteiger partial charge in [0.2, 0.25) is 0 Å². The van der Waals surface area contributed by atoms with E-state index >= 15 is 0 Å². The first-order valence-corrected chi connectivity index (χ1v) is 11.7. The second-order valence-corrected chi connectivity index (χ2v) is 8.03. The zero-order chi connectivity index (χ0) is 23.1. The third-order valence-corrected chi connectivity index (χ3v) is 6.18. The minimum Gasteiger partial charge on any atom is -0.309 e. The highest BCUT2D eigenvalue weighted by Crippen LogP contribution is 2.32. The Kier molecular flexibility index (Phi) is 4.84. The first kappa shape index (κ1) is 20.2. The maximum absolute atomic E-state index is 4.86. The van der Waals surface area contributed by atoms with E-state index in [0.29, 0.717) is 0 Å². The normalized spacial score (nSPS) is 11.2. The van der Waals surface area contributed by atoms with Crippen LogP contribution in [0, 0.1) is 0 Å². The number of hydrogen-bond donors (Lipinski definition) is 0. The Morgan fingerprint density at radius 2 is 1.12 bits per heavy atom. The Morgan fingerprint density at radius 1 is 0.529 bits per heavy atom. The van der Waals surface area contributed by atoms with Gasteiger partial charge in [-0.25, -0.2) is 0 Å². The topological polar surface area (TPSA) is 35.6 Å². The van der Waals surface area contributed by atoms with Crippen LogP contribution in [-0.4, -0.2) is 19.6 Å². The van der Waals surface area contributed by atoms with Crippen molar-refractivity contribution in [2.75, 3.05) is 0 Å². The van der Waals surface area contributed by atoms with E-state index in [2.05, 4.69) is 114 Å². The molecule has 4 heteroatoms. The molecule has 2 heterocycles. The summed E-state index contributed by atoms with van der Waals surface area (Å²) in [5.41, 5.74) is 6.20. The van der Waals surface area contributed by atoms with Gasteiger partial charge in [-0.15, -0.1) is 15.0 Å². The Balaban J connectivity index is 0.00000106. The van der Waals surface area contributed by atoms with Gasteiger partial charge >= 0.3 is 0 Å². The molecule has 5 aromatic carbocycles. The van der Waals surface area contributed by atoms with Gasteiger partial charge in [0.05, 0.1) is 16.7 Å². The molecule has 0 saturated carbocycles. The molecule has 0 radical (unpaired) electrons. The molecule has 0 fully saturated rings. The summed E-state index contributed by atoms with van der Waals surface area (Å²) >= 11 is 0. The van der Waals surface area contributed by atoms with Gasteiger partial charge in [-0.1, -0.05) is 86.6 Å². The van der Waals surface area contributed by atoms with E-state index in [1.165, 1.54) is 27.2 Å². The molecule has 4 nitrogen and oxygen atoms in total. The Morgan fingerprint density at radius 3 is 1.85 bits per heavy atom. The quantitative estimate of drug-likeness (QED) is 0.276. The molecule has 0 bridgehead atoms. The van der Waals surface area contributed by atoms with Gasteiger partial charge in [-0.3, -0.25) is 0 Å². The van der Waals surface area contributed by atoms with Crippen molar-refractivity contribution in [1.29, 1.82) is 0 Å². The molecule has 0 aliphatic carbocycles. The average molecular weight is 441 g/mol. The minimum atomic E-state index is 0.872. The van der Waals surface area contributed by atoms with Gasteiger partial charge in [0, 0.05) is 21.8 Å². The molecular weight excluding hydrogens is 416 g/mol. The van der Waals surface area contributed by atoms with E-state index in [1.807, 2.05) is 13.8 Å². The third kappa shape index (κ3) is 3.07. The number of para-hydroxylation sites is 2. The number of fused-ring (bicyclic) bond motifs is 5. The predicted molar refractivity (Wildman–Crippen MR) is 142 cm³/mol. The van der Waals surface area contributed by atoms with Gasteiger partial charge in [0.25, 0.3) is 0 Å². The van der Waals surface area contributed by atoms with Crippen LogP contribution in [-0.2, 0) is 0 Å². The summed E-state index contributed by atoms with van der Waals surface area (Å²) in [5.74, 6) is 0. The Bertz CT molecular complexity index is 1730. The van der Waals surface area contributed by atoms with Crippen LogP contribution in [0.2, 0.25) is 0 Å². The van der Waals surface area contributed by atoms with Crippen molar-refractivity contribution in [1.82, 2.24) is 19.6 Å². The van der Waals surface area contributed by atoms with Crippen LogP contribution < -0.4 is 0 Å². The maximum Gasteiger partial charge on any atom is 0.115 e. The molecule has 0 aliphatic rings. The molecule has 2 aromatic heterocycles. The molecule has 0 spiro atoms. The van der Waals surface area contributed by atoms with Crippen LogP contribution in [0.4, 0.5) is 0 Å². The highest BCUT2D eigenvalue weighted by Gasteiger charge is 2.13. The number of benzene rings is 5. The molecule has 0 amide bonds. The highest BCUT2D eigenvalue weighted by molar-refractivity contribution is 6.09. The number of aromatic nitrogens is 4. The summed E-state index contributed by atoms with van der Waals surface area (Å²) in [7, 11) is 0. The lowest BCUT2D eigenvalue weighted by Crippen LogP contribution is -1.99. The summed E-state index contributed by atoms with van der Waals surface area (Å²) in [5, 5.41) is 14.5. The largest absolute Gasteiger partial charge is 0.309 e. The smallest absolute Gasteiger partial charge is 0.115 e. The summed E-state index contributed by atoms with van der Waals surface area (Å²) < 4.78 is 2.31. The van der Waals surface area contributed by atoms with E-state index in [4.69, 9.17) is 10.2 Å². The first-order valence-electron chi connectivity index (χ1n) is 11.7. The molecule has 7 rings (SSSR count). The fourth-order valence-electron chi connectivity index (χ4n) is 4.73. The summed E-state index contributed by atoms with van der Waals surface area (Å²) in [6.07, 6.45) is 0. The van der Waals surface area contributed by atoms with Crippen molar-refractivity contribution in [3.8, 4) is 11.4 Å². The molecular formula is C30H24N4. The summed E-state index contributed by atoms with van der Waals surface area (Å²) in [6, 6.07) is 38.0. The lowest BCUT2D eigenvalue weighted by molar-refractivity contribution is 0.771. The summed E-state index contributed by atoms with van der Waals surface area (Å²) in [4.78, 5) is 1.75. The first-order chi connectivity index (χ1) is 16.9. The summed E-state index contributed by atoms with van der Waals surface area (Å²) in [6.45, 7) is 4.00. The van der Waals surface area contributed by atoms with Gasteiger partial charge < -0.3 is 4.57 Å². The van der Waals surface area contributed by atoms with E-state index in [-0.39, 0.29) is 0 Å². The lowest BCUT2D eigenvalue weighted by Gasteiger charge is -2.07. The van der Waals surface area contributed by atoms with Crippen LogP contribution in [0.5, 0.6) is 0 Å². The van der Waals surface area contributed by atoms with E-state index in [9.17, 15) is 0 Å². The van der Waals surface area contributed by atoms with Crippen molar-refractivity contribution < 1.29 is 0 Å². The number of nitrogens with zero attached hydrogens (tertiary/aromatic N) is 4. The fraction of sp³-hybridized carbons (Fsp3) is 0.0667. The van der Waals surface area contributed by atoms with E-state index in [1.54, 1.807) is 4.80 Å². The van der Waals surface area contributed by atoms with Crippen molar-refractivity contribution in [2.45, 2.75) is 13.8 Å². The molecule has 0 atom stereocenters. The SMILES string of the molecule is CC.c1ccc2c(-n3nc4ccc(-n5c6ccccc6c6ccccc65)cc4n3)cccc2c1. The lowest BCUT2D eigenvalue weighted by atomic mass is 10.1. The van der Waals surface area contributed by atoms with E-state index < -0.39 is 0 Å². The van der Waals surface area contributed by atoms with Gasteiger partial charge in [0.15, 0.2) is 0 Å². The monoisotopic (exact) mass is 440 g/mol. The van der Waals surface area contributed by atoms with E-state index in [0.717, 1.165) is 27.8 Å². The molecule has 164 valence electrons. The highest BCUT2D eigenvalue weighted by atomic mass is 15.5. The van der Waals surface area contributed by atoms with Crippen LogP contribution >= 0.6 is 0 Å². The van der Waals surface area contributed by atoms with Gasteiger partial charge in [0.1, 0.15) is 11.0 Å². The molecule has 0 aliphatic heterocycles. The third-order valence-electron chi connectivity index (χ3n) is 6.18. The Hall–Kier alpha value is -4.44. The average Bonchev–Trinajstić information content (AvgIpc) is 3.48. The zero-order valence-corrected chi connectivity index (χ0v) is 19.2. The maximum atomic E-state index is 4.86. The van der Waals surface area contributed by atoms with Gasteiger partial charge in [-0.2, -0.15) is 0 Å². The number of rotatable bonds is 2. The number of hydrogen-bond acceptors (Lipinski definition) is 2. The predicted octanol–water partition coefficient (Wildman–Crippen LogP) is 7.70. The minimum absolute atomic E-state index is 0.872. The molecule has 34 heavy (non-hydrogen) atoms. The molecule has 7 aromatic rings. The second kappa shape index (κ2) is 8.16. The van der Waals surface area contributed by atoms with Crippen LogP contribution in [0.1, 0.15) is 13.8 Å². The fourth-order valence-corrected chi connectivity index (χ4v) is 4.73. The van der Waals surface area contributed by atoms with Crippen LogP contribution in [0.25, 0.3) is 55.0 Å². The Labute approximate surface area is 197 Å². The standard InChI is InChI=1S/C28H18N4.C2H6/c1-2-10-21-19(8-1)9-7-15-28(21)32-29-24-17-16-20(18-25(24)30-32)31-26-13-5-3-11-22(26)23-12-4-6-14-27(23)31;1-2/h1-18H;1-2H3. The molecule has 0 N–H and O–H groups in total. The van der Waals surface area contributed by atoms with Crippen molar-refractivity contribution in [3.05, 3.63) is 109 Å². The molecule has 0 saturated heterocycles. The van der Waals surface area contributed by atoms with Crippen molar-refractivity contribution in [2.24, 2.45) is 0 Å². The molecule has 0 unspecified atom stereocenters. The van der Waals surface area contributed by atoms with Crippen molar-refractivity contribution >= 4 is 43.6 Å². The van der Waals surface area contributed by atoms with Crippen molar-refractivity contribution in [3.63, 3.8) is 0 Å². The zero-order valence-electron chi connectivity index (χ0n) is 19.2. The van der Waals surface area contributed by atoms with Gasteiger partial charge in [-0.05, 0) is 41.8 Å². The second-order valence-electron chi connectivity index (χ2n) is 8.03. The van der Waals surface area contributed by atoms with Crippen LogP contribution in [0.15, 0.2) is 109 Å².